The van der Waals surface area contributed by atoms with Gasteiger partial charge in [-0.15, -0.1) is 0 Å². The topological polar surface area (TPSA) is 55.8 Å². The molecule has 0 spiro atoms. The third kappa shape index (κ3) is 3.95. The molecule has 2 aromatic carbocycles. The van der Waals surface area contributed by atoms with Crippen molar-refractivity contribution in [2.24, 2.45) is 5.92 Å². The number of aliphatic hydroxyl groups excluding tert-OH is 1. The molecule has 5 rings (SSSR count). The minimum atomic E-state index is -0.141. The molecule has 1 saturated carbocycles. The molecule has 6 heteroatoms. The van der Waals surface area contributed by atoms with E-state index in [9.17, 15) is 9.90 Å². The Hall–Kier alpha value is -2.08. The lowest BCUT2D eigenvalue weighted by Crippen LogP contribution is -2.70. The molecule has 0 bridgehead atoms. The van der Waals surface area contributed by atoms with Crippen molar-refractivity contribution < 1.29 is 9.90 Å². The maximum atomic E-state index is 13.3. The van der Waals surface area contributed by atoms with Crippen LogP contribution in [0, 0.1) is 5.92 Å². The number of carbonyl (C=O) groups excluding carboxylic acids is 1. The third-order valence-electron chi connectivity index (χ3n) is 7.34. The lowest BCUT2D eigenvalue weighted by Gasteiger charge is -2.59. The number of hydrogen-bond acceptors (Lipinski definition) is 3. The van der Waals surface area contributed by atoms with Crippen LogP contribution in [0.3, 0.4) is 0 Å². The number of rotatable bonds is 4. The van der Waals surface area contributed by atoms with Gasteiger partial charge in [0.05, 0.1) is 6.61 Å². The van der Waals surface area contributed by atoms with E-state index in [1.807, 2.05) is 35.2 Å². The van der Waals surface area contributed by atoms with Crippen molar-refractivity contribution >= 4 is 29.0 Å². The zero-order valence-electron chi connectivity index (χ0n) is 17.7. The molecule has 31 heavy (non-hydrogen) atoms. The lowest BCUT2D eigenvalue weighted by atomic mass is 9.71. The van der Waals surface area contributed by atoms with E-state index < -0.39 is 0 Å². The van der Waals surface area contributed by atoms with Crippen molar-refractivity contribution in [1.29, 1.82) is 0 Å². The van der Waals surface area contributed by atoms with Crippen LogP contribution in [0.2, 0.25) is 5.02 Å². The summed E-state index contributed by atoms with van der Waals surface area (Å²) in [5, 5.41) is 13.8. The second kappa shape index (κ2) is 8.81. The van der Waals surface area contributed by atoms with Crippen LogP contribution in [0.1, 0.15) is 43.6 Å². The molecule has 0 radical (unpaired) electrons. The summed E-state index contributed by atoms with van der Waals surface area (Å²) < 4.78 is 0. The molecular weight excluding hydrogens is 410 g/mol. The first-order valence-corrected chi connectivity index (χ1v) is 11.8. The molecule has 2 N–H and O–H groups in total. The largest absolute Gasteiger partial charge is 0.395 e. The number of aliphatic hydroxyl groups is 1. The number of carbonyl (C=O) groups is 1. The van der Waals surface area contributed by atoms with Crippen molar-refractivity contribution in [2.45, 2.75) is 50.1 Å². The van der Waals surface area contributed by atoms with Gasteiger partial charge >= 0.3 is 6.03 Å². The molecule has 2 aliphatic heterocycles. The summed E-state index contributed by atoms with van der Waals surface area (Å²) in [6.45, 7) is 1.83. The standard InChI is InChI=1S/C25H30ClN3O2/c26-18-9-6-10-19(13-18)27-25(31)29-15-22-24(20-11-4-5-12-21(20)29)23(16-30)28(22)14-17-7-2-1-3-8-17/h4-6,9-13,17,22-24,30H,1-3,7-8,14-16H2,(H,27,31)/t22-,23-,24+/m1/s1. The highest BCUT2D eigenvalue weighted by molar-refractivity contribution is 6.30. The highest BCUT2D eigenvalue weighted by Crippen LogP contribution is 2.49. The molecule has 0 unspecified atom stereocenters. The molecule has 3 aliphatic rings. The van der Waals surface area contributed by atoms with Crippen LogP contribution in [-0.4, -0.2) is 47.8 Å². The quantitative estimate of drug-likeness (QED) is 0.696. The van der Waals surface area contributed by atoms with E-state index in [0.717, 1.165) is 12.2 Å². The maximum absolute atomic E-state index is 13.3. The van der Waals surface area contributed by atoms with Gasteiger partial charge in [0.1, 0.15) is 0 Å². The Balaban J connectivity index is 1.39. The zero-order chi connectivity index (χ0) is 21.4. The molecule has 2 amide bonds. The van der Waals surface area contributed by atoms with Crippen LogP contribution >= 0.6 is 11.6 Å². The van der Waals surface area contributed by atoms with Crippen LogP contribution in [0.25, 0.3) is 0 Å². The van der Waals surface area contributed by atoms with Crippen molar-refractivity contribution in [3.63, 3.8) is 0 Å². The van der Waals surface area contributed by atoms with Gasteiger partial charge in [0.15, 0.2) is 0 Å². The smallest absolute Gasteiger partial charge is 0.326 e. The van der Waals surface area contributed by atoms with Crippen molar-refractivity contribution in [2.75, 3.05) is 29.9 Å². The van der Waals surface area contributed by atoms with Gasteiger partial charge in [-0.2, -0.15) is 0 Å². The number of amides is 2. The van der Waals surface area contributed by atoms with E-state index in [0.29, 0.717) is 23.2 Å². The summed E-state index contributed by atoms with van der Waals surface area (Å²) in [7, 11) is 0. The Labute approximate surface area is 189 Å². The van der Waals surface area contributed by atoms with Crippen LogP contribution in [0.15, 0.2) is 48.5 Å². The van der Waals surface area contributed by atoms with Crippen molar-refractivity contribution in [3.05, 3.63) is 59.1 Å². The average molecular weight is 440 g/mol. The summed E-state index contributed by atoms with van der Waals surface area (Å²) >= 11 is 6.10. The Bertz CT molecular complexity index is 946. The van der Waals surface area contributed by atoms with Crippen molar-refractivity contribution in [3.8, 4) is 0 Å². The van der Waals surface area contributed by atoms with Gasteiger partial charge in [0, 0.05) is 47.5 Å². The molecule has 5 nitrogen and oxygen atoms in total. The molecule has 1 saturated heterocycles. The summed E-state index contributed by atoms with van der Waals surface area (Å²) in [4.78, 5) is 17.6. The molecular formula is C25H30ClN3O2. The SMILES string of the molecule is O=C(Nc1cccc(Cl)c1)N1C[C@@H]2[C@H](c3ccccc31)[C@@H](CO)N2CC1CCCCC1. The Morgan fingerprint density at radius 1 is 1.10 bits per heavy atom. The molecule has 0 aromatic heterocycles. The average Bonchev–Trinajstić information content (AvgIpc) is 2.78. The van der Waals surface area contributed by atoms with Crippen LogP contribution in [0.5, 0.6) is 0 Å². The normalized spacial score (nSPS) is 26.0. The van der Waals surface area contributed by atoms with E-state index >= 15 is 0 Å². The van der Waals surface area contributed by atoms with Crippen LogP contribution < -0.4 is 10.2 Å². The summed E-state index contributed by atoms with van der Waals surface area (Å²) in [6.07, 6.45) is 6.53. The molecule has 2 heterocycles. The Kier molecular flexibility index (Phi) is 5.91. The number of fused-ring (bicyclic) bond motifs is 3. The fourth-order valence-electron chi connectivity index (χ4n) is 5.85. The van der Waals surface area contributed by atoms with E-state index in [-0.39, 0.29) is 30.6 Å². The monoisotopic (exact) mass is 439 g/mol. The summed E-state index contributed by atoms with van der Waals surface area (Å²) in [5.74, 6) is 0.981. The predicted molar refractivity (Wildman–Crippen MR) is 125 cm³/mol. The van der Waals surface area contributed by atoms with Gasteiger partial charge in [0.25, 0.3) is 0 Å². The number of para-hydroxylation sites is 1. The minimum Gasteiger partial charge on any atom is -0.395 e. The second-order valence-electron chi connectivity index (χ2n) is 9.15. The van der Waals surface area contributed by atoms with E-state index in [1.54, 1.807) is 12.1 Å². The van der Waals surface area contributed by atoms with Gasteiger partial charge in [-0.05, 0) is 48.6 Å². The predicted octanol–water partition coefficient (Wildman–Crippen LogP) is 5.10. The molecule has 2 fully saturated rings. The number of anilines is 2. The van der Waals surface area contributed by atoms with Crippen LogP contribution in [0.4, 0.5) is 16.2 Å². The van der Waals surface area contributed by atoms with Crippen molar-refractivity contribution in [1.82, 2.24) is 4.90 Å². The number of nitrogens with one attached hydrogen (secondary N) is 1. The zero-order valence-corrected chi connectivity index (χ0v) is 18.5. The third-order valence-corrected chi connectivity index (χ3v) is 7.57. The van der Waals surface area contributed by atoms with E-state index in [1.165, 1.54) is 37.7 Å². The molecule has 3 atom stereocenters. The van der Waals surface area contributed by atoms with E-state index in [2.05, 4.69) is 16.3 Å². The number of likely N-dealkylation sites (tertiary alicyclic amines) is 1. The first-order valence-electron chi connectivity index (χ1n) is 11.5. The number of halogens is 1. The van der Waals surface area contributed by atoms with Gasteiger partial charge in [-0.1, -0.05) is 55.1 Å². The molecule has 1 aliphatic carbocycles. The molecule has 164 valence electrons. The number of hydrogen-bond donors (Lipinski definition) is 2. The first kappa shape index (κ1) is 20.8. The van der Waals surface area contributed by atoms with Crippen LogP contribution in [-0.2, 0) is 0 Å². The Morgan fingerprint density at radius 3 is 2.68 bits per heavy atom. The lowest BCUT2D eigenvalue weighted by molar-refractivity contribution is -0.0541. The number of urea groups is 1. The Morgan fingerprint density at radius 2 is 1.90 bits per heavy atom. The maximum Gasteiger partial charge on any atom is 0.326 e. The van der Waals surface area contributed by atoms with Gasteiger partial charge in [-0.25, -0.2) is 4.79 Å². The minimum absolute atomic E-state index is 0.141. The molecule has 2 aromatic rings. The van der Waals surface area contributed by atoms with Gasteiger partial charge < -0.3 is 10.4 Å². The van der Waals surface area contributed by atoms with Gasteiger partial charge in [0.2, 0.25) is 0 Å². The highest BCUT2D eigenvalue weighted by atomic mass is 35.5. The second-order valence-corrected chi connectivity index (χ2v) is 9.59. The summed E-state index contributed by atoms with van der Waals surface area (Å²) in [6, 6.07) is 15.6. The fourth-order valence-corrected chi connectivity index (χ4v) is 6.04. The number of nitrogens with zero attached hydrogens (tertiary/aromatic N) is 2. The number of benzene rings is 2. The van der Waals surface area contributed by atoms with E-state index in [4.69, 9.17) is 11.6 Å². The highest BCUT2D eigenvalue weighted by Gasteiger charge is 2.53. The fraction of sp³-hybridized carbons (Fsp3) is 0.480. The summed E-state index contributed by atoms with van der Waals surface area (Å²) in [5.41, 5.74) is 2.80. The van der Waals surface area contributed by atoms with Gasteiger partial charge in [-0.3, -0.25) is 9.80 Å². The first-order chi connectivity index (χ1) is 15.2.